The number of carbonyl (C=O) groups is 1. The number of hydrogen-bond acceptors (Lipinski definition) is 7. The first-order valence-corrected chi connectivity index (χ1v) is 16.0. The van der Waals surface area contributed by atoms with Gasteiger partial charge >= 0.3 is 6.18 Å². The van der Waals surface area contributed by atoms with Crippen molar-refractivity contribution in [2.75, 3.05) is 45.3 Å². The number of benzene rings is 1. The molecule has 1 aromatic carbocycles. The molecular weight excluding hydrogens is 573 g/mol. The first-order chi connectivity index (χ1) is 21.2. The van der Waals surface area contributed by atoms with Crippen molar-refractivity contribution in [1.29, 1.82) is 0 Å². The van der Waals surface area contributed by atoms with Crippen LogP contribution in [0.15, 0.2) is 30.5 Å². The zero-order chi connectivity index (χ0) is 31.1. The predicted molar refractivity (Wildman–Crippen MR) is 160 cm³/mol. The zero-order valence-electron chi connectivity index (χ0n) is 25.8. The number of nitrogens with one attached hydrogen (secondary N) is 1. The van der Waals surface area contributed by atoms with Gasteiger partial charge in [-0.1, -0.05) is 25.0 Å². The van der Waals surface area contributed by atoms with Crippen molar-refractivity contribution in [2.24, 2.45) is 11.8 Å². The molecular formula is C33H45F3N4O4. The number of piperidine rings is 1. The fourth-order valence-electron chi connectivity index (χ4n) is 6.82. The highest BCUT2D eigenvalue weighted by Crippen LogP contribution is 2.35. The van der Waals surface area contributed by atoms with E-state index >= 15 is 0 Å². The Morgan fingerprint density at radius 1 is 1.09 bits per heavy atom. The van der Waals surface area contributed by atoms with Crippen LogP contribution in [0.3, 0.4) is 0 Å². The van der Waals surface area contributed by atoms with E-state index in [4.69, 9.17) is 14.2 Å². The smallest absolute Gasteiger partial charge is 0.381 e. The molecule has 11 heteroatoms. The lowest BCUT2D eigenvalue weighted by Crippen LogP contribution is -2.39. The summed E-state index contributed by atoms with van der Waals surface area (Å²) in [5.74, 6) is 1.11. The highest BCUT2D eigenvalue weighted by atomic mass is 19.4. The van der Waals surface area contributed by atoms with Gasteiger partial charge in [-0.05, 0) is 81.4 Å². The van der Waals surface area contributed by atoms with Gasteiger partial charge in [0.15, 0.2) is 5.69 Å². The molecule has 3 aliphatic rings. The fourth-order valence-corrected chi connectivity index (χ4v) is 6.82. The molecule has 0 spiro atoms. The van der Waals surface area contributed by atoms with Gasteiger partial charge in [0.05, 0.1) is 42.4 Å². The van der Waals surface area contributed by atoms with E-state index in [1.807, 2.05) is 11.8 Å². The minimum absolute atomic E-state index is 0.0847. The average Bonchev–Trinajstić information content (AvgIpc) is 3.04. The Morgan fingerprint density at radius 3 is 2.59 bits per heavy atom. The maximum absolute atomic E-state index is 13.4. The Morgan fingerprint density at radius 2 is 1.86 bits per heavy atom. The van der Waals surface area contributed by atoms with E-state index in [0.717, 1.165) is 93.6 Å². The largest absolute Gasteiger partial charge is 0.416 e. The van der Waals surface area contributed by atoms with E-state index in [-0.39, 0.29) is 24.2 Å². The van der Waals surface area contributed by atoms with Crippen LogP contribution in [0.5, 0.6) is 0 Å². The van der Waals surface area contributed by atoms with Gasteiger partial charge in [-0.3, -0.25) is 4.79 Å². The summed E-state index contributed by atoms with van der Waals surface area (Å²) in [6, 6.07) is 5.23. The van der Waals surface area contributed by atoms with Gasteiger partial charge in [-0.25, -0.2) is 0 Å². The van der Waals surface area contributed by atoms with Gasteiger partial charge in [0.1, 0.15) is 0 Å². The van der Waals surface area contributed by atoms with E-state index in [1.165, 1.54) is 25.0 Å². The third-order valence-corrected chi connectivity index (χ3v) is 9.62. The molecule has 4 unspecified atom stereocenters. The standard InChI is InChI=1S/C33H45F3N4O4/c1-22-28(37-19-27-7-4-8-29(44-27)25-9-11-26(12-10-25)33(34,35)36)20-38-39-31(22)32(41)40-16-13-23(14-17-40)5-3-6-24-15-18-43-21-30(24)42-2/h9-12,20,23-24,27,29-30H,3-8,13-19,21H2,1-2H3,(H,37,39). The number of amides is 1. The molecule has 242 valence electrons. The summed E-state index contributed by atoms with van der Waals surface area (Å²) in [6.45, 7) is 5.35. The lowest BCUT2D eigenvalue weighted by Gasteiger charge is -2.33. The van der Waals surface area contributed by atoms with Crippen LogP contribution in [0.2, 0.25) is 0 Å². The summed E-state index contributed by atoms with van der Waals surface area (Å²) >= 11 is 0. The number of methoxy groups -OCH3 is 1. The summed E-state index contributed by atoms with van der Waals surface area (Å²) in [5, 5.41) is 11.7. The molecule has 1 N–H and O–H groups in total. The number of rotatable bonds is 10. The normalized spacial score (nSPS) is 25.2. The number of ether oxygens (including phenoxy) is 3. The number of alkyl halides is 3. The SMILES string of the molecule is COC1COCCC1CCCC1CCN(C(=O)c2nncc(NCC3CCCC(c4ccc(C(F)(F)F)cc4)O3)c2C)CC1. The number of nitrogens with zero attached hydrogens (tertiary/aromatic N) is 3. The summed E-state index contributed by atoms with van der Waals surface area (Å²) in [4.78, 5) is 15.3. The average molecular weight is 619 g/mol. The van der Waals surface area contributed by atoms with E-state index in [2.05, 4.69) is 15.5 Å². The number of aromatic nitrogens is 2. The maximum atomic E-state index is 13.4. The van der Waals surface area contributed by atoms with Gasteiger partial charge in [-0.15, -0.1) is 5.10 Å². The quantitative estimate of drug-likeness (QED) is 0.321. The van der Waals surface area contributed by atoms with Crippen molar-refractivity contribution in [3.05, 3.63) is 52.8 Å². The predicted octanol–water partition coefficient (Wildman–Crippen LogP) is 6.60. The molecule has 0 saturated carbocycles. The molecule has 0 bridgehead atoms. The monoisotopic (exact) mass is 618 g/mol. The highest BCUT2D eigenvalue weighted by Gasteiger charge is 2.32. The van der Waals surface area contributed by atoms with Crippen LogP contribution in [0.4, 0.5) is 18.9 Å². The summed E-state index contributed by atoms with van der Waals surface area (Å²) < 4.78 is 56.3. The maximum Gasteiger partial charge on any atom is 0.416 e. The highest BCUT2D eigenvalue weighted by molar-refractivity contribution is 5.94. The van der Waals surface area contributed by atoms with Crippen LogP contribution in [0.25, 0.3) is 0 Å². The minimum Gasteiger partial charge on any atom is -0.381 e. The van der Waals surface area contributed by atoms with Crippen LogP contribution < -0.4 is 5.32 Å². The number of likely N-dealkylation sites (tertiary alicyclic amines) is 1. The van der Waals surface area contributed by atoms with Gasteiger partial charge < -0.3 is 24.4 Å². The Kier molecular flexibility index (Phi) is 11.1. The third kappa shape index (κ3) is 8.28. The number of hydrogen-bond donors (Lipinski definition) is 1. The van der Waals surface area contributed by atoms with Gasteiger partial charge in [0.25, 0.3) is 5.91 Å². The van der Waals surface area contributed by atoms with Crippen molar-refractivity contribution in [2.45, 2.75) is 89.2 Å². The zero-order valence-corrected chi connectivity index (χ0v) is 25.8. The summed E-state index contributed by atoms with van der Waals surface area (Å²) in [5.41, 5.74) is 1.95. The first-order valence-electron chi connectivity index (χ1n) is 16.0. The van der Waals surface area contributed by atoms with Crippen LogP contribution >= 0.6 is 0 Å². The molecule has 1 amide bonds. The Bertz CT molecular complexity index is 1220. The topological polar surface area (TPSA) is 85.8 Å². The van der Waals surface area contributed by atoms with Crippen molar-refractivity contribution in [1.82, 2.24) is 15.1 Å². The molecule has 1 aromatic heterocycles. The minimum atomic E-state index is -4.36. The molecule has 5 rings (SSSR count). The molecule has 44 heavy (non-hydrogen) atoms. The van der Waals surface area contributed by atoms with Crippen LogP contribution in [0, 0.1) is 18.8 Å². The lowest BCUT2D eigenvalue weighted by atomic mass is 9.86. The van der Waals surface area contributed by atoms with E-state index < -0.39 is 11.7 Å². The van der Waals surface area contributed by atoms with Crippen molar-refractivity contribution in [3.8, 4) is 0 Å². The second kappa shape index (κ2) is 15.0. The Labute approximate surface area is 258 Å². The number of anilines is 1. The van der Waals surface area contributed by atoms with Crippen LogP contribution in [-0.2, 0) is 20.4 Å². The van der Waals surface area contributed by atoms with E-state index in [1.54, 1.807) is 13.3 Å². The van der Waals surface area contributed by atoms with Gasteiger partial charge in [0.2, 0.25) is 0 Å². The molecule has 3 saturated heterocycles. The van der Waals surface area contributed by atoms with Crippen molar-refractivity contribution in [3.63, 3.8) is 0 Å². The summed E-state index contributed by atoms with van der Waals surface area (Å²) in [7, 11) is 1.77. The fraction of sp³-hybridized carbons (Fsp3) is 0.667. The van der Waals surface area contributed by atoms with Crippen molar-refractivity contribution < 1.29 is 32.2 Å². The van der Waals surface area contributed by atoms with Crippen LogP contribution in [-0.4, -0.2) is 73.2 Å². The summed E-state index contributed by atoms with van der Waals surface area (Å²) in [6.07, 6.45) is 6.20. The van der Waals surface area contributed by atoms with Gasteiger partial charge in [-0.2, -0.15) is 18.3 Å². The van der Waals surface area contributed by atoms with E-state index in [9.17, 15) is 18.0 Å². The molecule has 4 heterocycles. The van der Waals surface area contributed by atoms with Gasteiger partial charge in [0, 0.05) is 38.9 Å². The molecule has 3 fully saturated rings. The van der Waals surface area contributed by atoms with Crippen LogP contribution in [0.1, 0.15) is 91.1 Å². The molecule has 0 radical (unpaired) electrons. The number of halogens is 3. The Balaban J connectivity index is 1.08. The van der Waals surface area contributed by atoms with Crippen molar-refractivity contribution >= 4 is 11.6 Å². The second-order valence-electron chi connectivity index (χ2n) is 12.5. The Hall–Kier alpha value is -2.76. The van der Waals surface area contributed by atoms with E-state index in [0.29, 0.717) is 30.7 Å². The lowest BCUT2D eigenvalue weighted by molar-refractivity contribution is -0.137. The molecule has 3 aliphatic heterocycles. The third-order valence-electron chi connectivity index (χ3n) is 9.62. The molecule has 4 atom stereocenters. The molecule has 0 aliphatic carbocycles. The second-order valence-corrected chi connectivity index (χ2v) is 12.5. The molecule has 8 nitrogen and oxygen atoms in total. The first kappa shape index (κ1) is 32.6. The molecule has 2 aromatic rings. The number of carbonyl (C=O) groups excluding carboxylic acids is 1.